The number of rotatable bonds is 4. The van der Waals surface area contributed by atoms with E-state index in [1.54, 1.807) is 25.8 Å². The predicted molar refractivity (Wildman–Crippen MR) is 59.4 cm³/mol. The van der Waals surface area contributed by atoms with Crippen LogP contribution in [0.5, 0.6) is 0 Å². The molecule has 2 amide bonds. The normalized spacial score (nSPS) is 14.4. The molecule has 0 saturated heterocycles. The van der Waals surface area contributed by atoms with E-state index in [9.17, 15) is 9.59 Å². The van der Waals surface area contributed by atoms with E-state index < -0.39 is 11.3 Å². The highest BCUT2D eigenvalue weighted by Gasteiger charge is 2.19. The van der Waals surface area contributed by atoms with Gasteiger partial charge in [0.1, 0.15) is 6.04 Å². The Hall–Kier alpha value is -0.710. The first kappa shape index (κ1) is 13.3. The van der Waals surface area contributed by atoms with Crippen molar-refractivity contribution >= 4 is 24.4 Å². The zero-order valence-electron chi connectivity index (χ0n) is 9.07. The molecule has 0 aromatic carbocycles. The minimum Gasteiger partial charge on any atom is -0.344 e. The Morgan fingerprint density at radius 2 is 1.93 bits per heavy atom. The number of amides is 2. The highest BCUT2D eigenvalue weighted by molar-refractivity contribution is 7.81. The lowest BCUT2D eigenvalue weighted by Gasteiger charge is -2.21. The van der Waals surface area contributed by atoms with Gasteiger partial charge >= 0.3 is 0 Å². The Morgan fingerprint density at radius 3 is 2.29 bits per heavy atom. The van der Waals surface area contributed by atoms with Crippen LogP contribution >= 0.6 is 12.6 Å². The molecule has 0 bridgehead atoms. The summed E-state index contributed by atoms with van der Waals surface area (Å²) in [6, 6.07) is -0.484. The van der Waals surface area contributed by atoms with E-state index in [2.05, 4.69) is 17.9 Å². The number of nitrogens with one attached hydrogen (secondary N) is 1. The molecule has 5 heteroatoms. The molecule has 0 radical (unpaired) electrons. The average Bonchev–Trinajstić information content (AvgIpc) is 2.14. The smallest absolute Gasteiger partial charge is 0.244 e. The van der Waals surface area contributed by atoms with Gasteiger partial charge in [-0.05, 0) is 20.8 Å². The van der Waals surface area contributed by atoms with Gasteiger partial charge in [-0.25, -0.2) is 0 Å². The lowest BCUT2D eigenvalue weighted by Crippen LogP contribution is -2.47. The summed E-state index contributed by atoms with van der Waals surface area (Å²) in [7, 11) is 1.70. The van der Waals surface area contributed by atoms with Crippen molar-refractivity contribution in [1.82, 2.24) is 10.2 Å². The number of carbonyl (C=O) groups is 2. The molecule has 0 spiro atoms. The van der Waals surface area contributed by atoms with Crippen molar-refractivity contribution in [3.05, 3.63) is 0 Å². The number of hydrogen-bond donors (Lipinski definition) is 2. The summed E-state index contributed by atoms with van der Waals surface area (Å²) in [5.74, 6) is -0.312. The number of hydrogen-bond acceptors (Lipinski definition) is 3. The van der Waals surface area contributed by atoms with Gasteiger partial charge < -0.3 is 10.2 Å². The molecule has 4 nitrogen and oxygen atoms in total. The van der Waals surface area contributed by atoms with E-state index in [-0.39, 0.29) is 11.8 Å². The van der Waals surface area contributed by atoms with Gasteiger partial charge in [-0.15, -0.1) is 0 Å². The summed E-state index contributed by atoms with van der Waals surface area (Å²) in [5, 5.41) is 2.20. The molecule has 0 aliphatic rings. The van der Waals surface area contributed by atoms with Crippen molar-refractivity contribution in [2.45, 2.75) is 32.1 Å². The van der Waals surface area contributed by atoms with Crippen LogP contribution in [0, 0.1) is 0 Å². The van der Waals surface area contributed by atoms with Gasteiger partial charge in [-0.3, -0.25) is 9.59 Å². The first-order valence-corrected chi connectivity index (χ1v) is 5.15. The molecule has 2 unspecified atom stereocenters. The maximum Gasteiger partial charge on any atom is 0.244 e. The van der Waals surface area contributed by atoms with Crippen molar-refractivity contribution in [3.63, 3.8) is 0 Å². The fourth-order valence-corrected chi connectivity index (χ4v) is 0.957. The van der Waals surface area contributed by atoms with Gasteiger partial charge in [-0.2, -0.15) is 12.6 Å². The largest absolute Gasteiger partial charge is 0.344 e. The van der Waals surface area contributed by atoms with E-state index in [1.807, 2.05) is 6.92 Å². The molecule has 2 atom stereocenters. The first-order valence-electron chi connectivity index (χ1n) is 4.63. The molecule has 1 N–H and O–H groups in total. The van der Waals surface area contributed by atoms with Crippen LogP contribution in [0.3, 0.4) is 0 Å². The van der Waals surface area contributed by atoms with E-state index in [0.717, 1.165) is 0 Å². The van der Waals surface area contributed by atoms with Crippen molar-refractivity contribution in [1.29, 1.82) is 0 Å². The van der Waals surface area contributed by atoms with Crippen LogP contribution in [0.25, 0.3) is 0 Å². The summed E-state index contributed by atoms with van der Waals surface area (Å²) in [6.07, 6.45) is 0. The molecule has 0 aromatic heterocycles. The van der Waals surface area contributed by atoms with Gasteiger partial charge in [0.15, 0.2) is 0 Å². The topological polar surface area (TPSA) is 49.4 Å². The predicted octanol–water partition coefficient (Wildman–Crippen LogP) is 0.288. The molecule has 0 aliphatic heterocycles. The average molecular weight is 218 g/mol. The molecule has 82 valence electrons. The highest BCUT2D eigenvalue weighted by Crippen LogP contribution is 1.96. The van der Waals surface area contributed by atoms with Crippen LogP contribution in [0.1, 0.15) is 20.8 Å². The summed E-state index contributed by atoms with van der Waals surface area (Å²) < 4.78 is 0. The number of likely N-dealkylation sites (N-methyl/N-ethyl adjacent to an activating group) is 1. The highest BCUT2D eigenvalue weighted by atomic mass is 32.1. The maximum absolute atomic E-state index is 11.5. The van der Waals surface area contributed by atoms with Crippen LogP contribution in [-0.4, -0.2) is 41.6 Å². The second-order valence-corrected chi connectivity index (χ2v) is 4.03. The van der Waals surface area contributed by atoms with Gasteiger partial charge in [0.05, 0.1) is 5.25 Å². The summed E-state index contributed by atoms with van der Waals surface area (Å²) in [5.41, 5.74) is 0. The van der Waals surface area contributed by atoms with E-state index in [0.29, 0.717) is 6.54 Å². The SMILES string of the molecule is CCN(C)C(=O)C(C)NC(=O)C(C)S. The fraction of sp³-hybridized carbons (Fsp3) is 0.778. The van der Waals surface area contributed by atoms with E-state index >= 15 is 0 Å². The molecule has 14 heavy (non-hydrogen) atoms. The Balaban J connectivity index is 4.14. The zero-order chi connectivity index (χ0) is 11.3. The summed E-state index contributed by atoms with van der Waals surface area (Å²) >= 11 is 3.97. The molecule has 0 saturated carbocycles. The summed E-state index contributed by atoms with van der Waals surface area (Å²) in [4.78, 5) is 24.3. The molecule has 0 heterocycles. The third-order valence-corrected chi connectivity index (χ3v) is 2.19. The van der Waals surface area contributed by atoms with Crippen LogP contribution < -0.4 is 5.32 Å². The second kappa shape index (κ2) is 5.90. The molecular formula is C9H18N2O2S. The lowest BCUT2D eigenvalue weighted by atomic mass is 10.2. The molecule has 0 rings (SSSR count). The molecular weight excluding hydrogens is 200 g/mol. The van der Waals surface area contributed by atoms with Crippen LogP contribution in [0.4, 0.5) is 0 Å². The molecule has 0 aliphatic carbocycles. The van der Waals surface area contributed by atoms with Crippen molar-refractivity contribution in [2.24, 2.45) is 0 Å². The minimum atomic E-state index is -0.484. The number of nitrogens with zero attached hydrogens (tertiary/aromatic N) is 1. The quantitative estimate of drug-likeness (QED) is 0.666. The Labute approximate surface area is 90.4 Å². The van der Waals surface area contributed by atoms with E-state index in [4.69, 9.17) is 0 Å². The maximum atomic E-state index is 11.5. The molecule has 0 fully saturated rings. The Kier molecular flexibility index (Phi) is 5.60. The van der Waals surface area contributed by atoms with Crippen LogP contribution in [0.2, 0.25) is 0 Å². The second-order valence-electron chi connectivity index (χ2n) is 3.26. The van der Waals surface area contributed by atoms with Gasteiger partial charge in [-0.1, -0.05) is 0 Å². The van der Waals surface area contributed by atoms with Crippen molar-refractivity contribution in [2.75, 3.05) is 13.6 Å². The first-order chi connectivity index (χ1) is 6.40. The fourth-order valence-electron chi connectivity index (χ4n) is 0.882. The van der Waals surface area contributed by atoms with Gasteiger partial charge in [0.25, 0.3) is 0 Å². The van der Waals surface area contributed by atoms with Crippen molar-refractivity contribution in [3.8, 4) is 0 Å². The van der Waals surface area contributed by atoms with Crippen LogP contribution in [0.15, 0.2) is 0 Å². The van der Waals surface area contributed by atoms with Gasteiger partial charge in [0.2, 0.25) is 11.8 Å². The van der Waals surface area contributed by atoms with Crippen LogP contribution in [-0.2, 0) is 9.59 Å². The lowest BCUT2D eigenvalue weighted by molar-refractivity contribution is -0.134. The Bertz CT molecular complexity index is 219. The Morgan fingerprint density at radius 1 is 1.43 bits per heavy atom. The summed E-state index contributed by atoms with van der Waals surface area (Å²) in [6.45, 7) is 5.85. The monoisotopic (exact) mass is 218 g/mol. The standard InChI is InChI=1S/C9H18N2O2S/c1-5-11(4)9(13)6(2)10-8(12)7(3)14/h6-7,14H,5H2,1-4H3,(H,10,12). The van der Waals surface area contributed by atoms with E-state index in [1.165, 1.54) is 0 Å². The number of thiol groups is 1. The zero-order valence-corrected chi connectivity index (χ0v) is 9.97. The van der Waals surface area contributed by atoms with Crippen molar-refractivity contribution < 1.29 is 9.59 Å². The minimum absolute atomic E-state index is 0.0881. The number of carbonyl (C=O) groups excluding carboxylic acids is 2. The third kappa shape index (κ3) is 4.00. The van der Waals surface area contributed by atoms with Gasteiger partial charge in [0, 0.05) is 13.6 Å². The molecule has 0 aromatic rings. The third-order valence-electron chi connectivity index (χ3n) is 1.96.